The van der Waals surface area contributed by atoms with Gasteiger partial charge in [0.05, 0.1) is 10.2 Å². The molecule has 0 unspecified atom stereocenters. The fourth-order valence-electron chi connectivity index (χ4n) is 1.68. The normalized spacial score (nSPS) is 10.1. The molecule has 0 saturated carbocycles. The van der Waals surface area contributed by atoms with E-state index in [1.165, 1.54) is 5.56 Å². The summed E-state index contributed by atoms with van der Waals surface area (Å²) < 4.78 is 1.08. The summed E-state index contributed by atoms with van der Waals surface area (Å²) in [6, 6.07) is 10.1. The van der Waals surface area contributed by atoms with E-state index >= 15 is 0 Å². The minimum Gasteiger partial charge on any atom is -0.235 e. The summed E-state index contributed by atoms with van der Waals surface area (Å²) in [5, 5.41) is 0. The molecule has 0 amide bonds. The third-order valence-electron chi connectivity index (χ3n) is 2.67. The number of nitrogens with zero attached hydrogens (tertiary/aromatic N) is 2. The third kappa shape index (κ3) is 2.11. The van der Waals surface area contributed by atoms with Gasteiger partial charge in [-0.05, 0) is 24.6 Å². The highest BCUT2D eigenvalue weighted by Gasteiger charge is 1.98. The average Bonchev–Trinajstić information content (AvgIpc) is 2.85. The van der Waals surface area contributed by atoms with Crippen LogP contribution in [-0.4, -0.2) is 9.97 Å². The van der Waals surface area contributed by atoms with Crippen LogP contribution in [0.1, 0.15) is 16.7 Å². The number of aromatic nitrogens is 2. The molecule has 3 rings (SSSR count). The Balaban J connectivity index is 2.00. The smallest absolute Gasteiger partial charge is 0.170 e. The highest BCUT2D eigenvalue weighted by Crippen LogP contribution is 2.16. The summed E-state index contributed by atoms with van der Waals surface area (Å²) in [5.74, 6) is 6.33. The van der Waals surface area contributed by atoms with Crippen LogP contribution in [-0.2, 0) is 0 Å². The van der Waals surface area contributed by atoms with E-state index in [2.05, 4.69) is 34.8 Å². The van der Waals surface area contributed by atoms with Gasteiger partial charge in [0.15, 0.2) is 5.65 Å². The molecule has 0 aliphatic carbocycles. The largest absolute Gasteiger partial charge is 0.235 e. The molecule has 2 heterocycles. The zero-order valence-electron chi connectivity index (χ0n) is 9.84. The van der Waals surface area contributed by atoms with Crippen LogP contribution < -0.4 is 0 Å². The third-order valence-corrected chi connectivity index (χ3v) is 3.44. The van der Waals surface area contributed by atoms with Crippen molar-refractivity contribution in [2.45, 2.75) is 6.92 Å². The number of hydrogen-bond acceptors (Lipinski definition) is 3. The molecule has 2 aromatic heterocycles. The molecule has 86 valence electrons. The molecule has 0 atom stereocenters. The van der Waals surface area contributed by atoms with E-state index in [0.717, 1.165) is 21.5 Å². The molecule has 0 radical (unpaired) electrons. The topological polar surface area (TPSA) is 25.8 Å². The van der Waals surface area contributed by atoms with Gasteiger partial charge in [0.2, 0.25) is 0 Å². The minimum atomic E-state index is 0.793. The van der Waals surface area contributed by atoms with E-state index in [4.69, 9.17) is 0 Å². The summed E-state index contributed by atoms with van der Waals surface area (Å²) in [7, 11) is 0. The summed E-state index contributed by atoms with van der Waals surface area (Å²) in [5.41, 5.74) is 5.77. The lowest BCUT2D eigenvalue weighted by molar-refractivity contribution is 1.32. The van der Waals surface area contributed by atoms with Crippen LogP contribution in [0.3, 0.4) is 0 Å². The SMILES string of the molecule is Cc1ccccc1C#Cc1cnc2ncsc2c1. The Morgan fingerprint density at radius 3 is 2.89 bits per heavy atom. The second-order valence-electron chi connectivity index (χ2n) is 3.96. The zero-order chi connectivity index (χ0) is 12.4. The van der Waals surface area contributed by atoms with Crippen LogP contribution >= 0.6 is 11.3 Å². The van der Waals surface area contributed by atoms with Crippen molar-refractivity contribution >= 4 is 21.7 Å². The quantitative estimate of drug-likeness (QED) is 0.571. The molecule has 3 aromatic rings. The fourth-order valence-corrected chi connectivity index (χ4v) is 2.35. The monoisotopic (exact) mass is 250 g/mol. The molecule has 0 aliphatic rings. The number of thiazole rings is 1. The predicted octanol–water partition coefficient (Wildman–Crippen LogP) is 3.40. The standard InChI is InChI=1S/C15H10N2S/c1-11-4-2-3-5-13(11)7-6-12-8-14-15(16-9-12)17-10-18-14/h2-5,8-10H,1H3. The number of fused-ring (bicyclic) bond motifs is 1. The van der Waals surface area contributed by atoms with Crippen molar-refractivity contribution < 1.29 is 0 Å². The molecule has 0 fully saturated rings. The Morgan fingerprint density at radius 1 is 1.11 bits per heavy atom. The van der Waals surface area contributed by atoms with Crippen LogP contribution in [0.2, 0.25) is 0 Å². The van der Waals surface area contributed by atoms with E-state index in [1.807, 2.05) is 24.3 Å². The summed E-state index contributed by atoms with van der Waals surface area (Å²) in [4.78, 5) is 8.42. The first-order valence-electron chi connectivity index (χ1n) is 5.60. The van der Waals surface area contributed by atoms with Gasteiger partial charge < -0.3 is 0 Å². The second kappa shape index (κ2) is 4.59. The maximum atomic E-state index is 4.27. The lowest BCUT2D eigenvalue weighted by Gasteiger charge is -1.95. The first-order valence-corrected chi connectivity index (χ1v) is 6.48. The van der Waals surface area contributed by atoms with Crippen molar-refractivity contribution in [3.63, 3.8) is 0 Å². The number of hydrogen-bond donors (Lipinski definition) is 0. The fraction of sp³-hybridized carbons (Fsp3) is 0.0667. The molecule has 18 heavy (non-hydrogen) atoms. The van der Waals surface area contributed by atoms with Crippen LogP contribution in [0, 0.1) is 18.8 Å². The molecular weight excluding hydrogens is 240 g/mol. The Bertz CT molecular complexity index is 763. The van der Waals surface area contributed by atoms with Crippen molar-refractivity contribution in [3.8, 4) is 11.8 Å². The lowest BCUT2D eigenvalue weighted by atomic mass is 10.1. The molecule has 0 aliphatic heterocycles. The van der Waals surface area contributed by atoms with E-state index in [1.54, 1.807) is 23.0 Å². The molecule has 0 saturated heterocycles. The highest BCUT2D eigenvalue weighted by atomic mass is 32.1. The number of rotatable bonds is 0. The van der Waals surface area contributed by atoms with Crippen molar-refractivity contribution in [1.82, 2.24) is 9.97 Å². The maximum absolute atomic E-state index is 4.27. The maximum Gasteiger partial charge on any atom is 0.170 e. The Kier molecular flexibility index (Phi) is 2.79. The van der Waals surface area contributed by atoms with Gasteiger partial charge in [0.25, 0.3) is 0 Å². The number of benzene rings is 1. The van der Waals surface area contributed by atoms with E-state index in [0.29, 0.717) is 0 Å². The molecule has 2 nitrogen and oxygen atoms in total. The van der Waals surface area contributed by atoms with E-state index < -0.39 is 0 Å². The molecule has 0 spiro atoms. The summed E-state index contributed by atoms with van der Waals surface area (Å²) in [6.07, 6.45) is 1.77. The van der Waals surface area contributed by atoms with Crippen LogP contribution in [0.5, 0.6) is 0 Å². The van der Waals surface area contributed by atoms with Crippen molar-refractivity contribution in [3.05, 3.63) is 58.7 Å². The molecular formula is C15H10N2S. The summed E-state index contributed by atoms with van der Waals surface area (Å²) in [6.45, 7) is 2.06. The van der Waals surface area contributed by atoms with Crippen LogP contribution in [0.25, 0.3) is 10.3 Å². The second-order valence-corrected chi connectivity index (χ2v) is 4.85. The van der Waals surface area contributed by atoms with Gasteiger partial charge in [0, 0.05) is 17.3 Å². The average molecular weight is 250 g/mol. The Morgan fingerprint density at radius 2 is 2.00 bits per heavy atom. The Labute approximate surface area is 109 Å². The van der Waals surface area contributed by atoms with E-state index in [-0.39, 0.29) is 0 Å². The Hall–Kier alpha value is -2.18. The van der Waals surface area contributed by atoms with Gasteiger partial charge in [-0.1, -0.05) is 30.0 Å². The molecule has 0 N–H and O–H groups in total. The number of aryl methyl sites for hydroxylation is 1. The van der Waals surface area contributed by atoms with Crippen molar-refractivity contribution in [2.24, 2.45) is 0 Å². The van der Waals surface area contributed by atoms with Gasteiger partial charge >= 0.3 is 0 Å². The minimum absolute atomic E-state index is 0.793. The van der Waals surface area contributed by atoms with E-state index in [9.17, 15) is 0 Å². The van der Waals surface area contributed by atoms with Crippen molar-refractivity contribution in [2.75, 3.05) is 0 Å². The lowest BCUT2D eigenvalue weighted by Crippen LogP contribution is -1.82. The zero-order valence-corrected chi connectivity index (χ0v) is 10.7. The van der Waals surface area contributed by atoms with Gasteiger partial charge in [0.1, 0.15) is 0 Å². The molecule has 0 bridgehead atoms. The first-order chi connectivity index (χ1) is 8.83. The van der Waals surface area contributed by atoms with Gasteiger partial charge in [-0.2, -0.15) is 0 Å². The number of pyridine rings is 1. The van der Waals surface area contributed by atoms with Gasteiger partial charge in [-0.3, -0.25) is 0 Å². The molecule has 3 heteroatoms. The van der Waals surface area contributed by atoms with Crippen LogP contribution in [0.4, 0.5) is 0 Å². The molecule has 1 aromatic carbocycles. The van der Waals surface area contributed by atoms with Crippen LogP contribution in [0.15, 0.2) is 42.0 Å². The first kappa shape index (κ1) is 10.9. The van der Waals surface area contributed by atoms with Gasteiger partial charge in [-0.25, -0.2) is 9.97 Å². The van der Waals surface area contributed by atoms with Crippen molar-refractivity contribution in [1.29, 1.82) is 0 Å². The predicted molar refractivity (Wildman–Crippen MR) is 74.6 cm³/mol. The van der Waals surface area contributed by atoms with Gasteiger partial charge in [-0.15, -0.1) is 11.3 Å². The summed E-state index contributed by atoms with van der Waals surface area (Å²) >= 11 is 1.58. The highest BCUT2D eigenvalue weighted by molar-refractivity contribution is 7.16.